The molecule has 3 rings (SSSR count). The zero-order chi connectivity index (χ0) is 16.2. The first-order valence-corrected chi connectivity index (χ1v) is 7.44. The first-order chi connectivity index (χ1) is 10.2. The molecule has 0 amide bonds. The number of aryl methyl sites for hydroxylation is 4. The minimum absolute atomic E-state index is 0.143. The molecule has 116 valence electrons. The van der Waals surface area contributed by atoms with Gasteiger partial charge in [0.1, 0.15) is 5.82 Å². The first kappa shape index (κ1) is 14.7. The van der Waals surface area contributed by atoms with Gasteiger partial charge in [0.2, 0.25) is 0 Å². The average Bonchev–Trinajstić information content (AvgIpc) is 2.90. The fourth-order valence-electron chi connectivity index (χ4n) is 2.80. The lowest BCUT2D eigenvalue weighted by Crippen LogP contribution is -2.24. The molecule has 3 aromatic heterocycles. The van der Waals surface area contributed by atoms with Crippen LogP contribution in [0.15, 0.2) is 6.07 Å². The molecule has 0 saturated heterocycles. The first-order valence-electron chi connectivity index (χ1n) is 7.44. The van der Waals surface area contributed by atoms with Gasteiger partial charge >= 0.3 is 0 Å². The molecule has 0 N–H and O–H groups in total. The summed E-state index contributed by atoms with van der Waals surface area (Å²) in [6.45, 7) is 12.3. The van der Waals surface area contributed by atoms with Crippen LogP contribution in [0, 0.1) is 20.8 Å². The number of fused-ring (bicyclic) bond motifs is 1. The number of aromatic nitrogens is 6. The van der Waals surface area contributed by atoms with Gasteiger partial charge < -0.3 is 0 Å². The molecule has 0 saturated carbocycles. The van der Waals surface area contributed by atoms with E-state index in [1.54, 1.807) is 0 Å². The minimum Gasteiger partial charge on any atom is -0.250 e. The Bertz CT molecular complexity index is 863. The Balaban J connectivity index is 2.41. The molecular formula is C16H22N6. The molecule has 6 nitrogen and oxygen atoms in total. The van der Waals surface area contributed by atoms with Crippen molar-refractivity contribution < 1.29 is 0 Å². The zero-order valence-electron chi connectivity index (χ0n) is 14.3. The van der Waals surface area contributed by atoms with Crippen LogP contribution in [0.3, 0.4) is 0 Å². The molecular weight excluding hydrogens is 276 g/mol. The fourth-order valence-corrected chi connectivity index (χ4v) is 2.80. The van der Waals surface area contributed by atoms with Gasteiger partial charge in [-0.2, -0.15) is 10.2 Å². The number of pyridine rings is 1. The molecule has 0 aromatic carbocycles. The van der Waals surface area contributed by atoms with Crippen molar-refractivity contribution in [3.05, 3.63) is 23.3 Å². The van der Waals surface area contributed by atoms with Crippen LogP contribution in [-0.2, 0) is 12.6 Å². The Morgan fingerprint density at radius 3 is 2.32 bits per heavy atom. The van der Waals surface area contributed by atoms with Gasteiger partial charge in [0.05, 0.1) is 16.6 Å². The summed E-state index contributed by atoms with van der Waals surface area (Å²) in [7, 11) is 1.92. The molecule has 0 radical (unpaired) electrons. The van der Waals surface area contributed by atoms with Gasteiger partial charge in [0.15, 0.2) is 11.5 Å². The molecule has 22 heavy (non-hydrogen) atoms. The third-order valence-corrected chi connectivity index (χ3v) is 3.69. The Morgan fingerprint density at radius 1 is 1.00 bits per heavy atom. The highest BCUT2D eigenvalue weighted by Gasteiger charge is 2.24. The van der Waals surface area contributed by atoms with E-state index < -0.39 is 0 Å². The fraction of sp³-hybridized carbons (Fsp3) is 0.500. The van der Waals surface area contributed by atoms with Crippen molar-refractivity contribution in [1.82, 2.24) is 29.5 Å². The lowest BCUT2D eigenvalue weighted by atomic mass is 10.1. The molecule has 0 bridgehead atoms. The Morgan fingerprint density at radius 2 is 1.68 bits per heavy atom. The number of nitrogens with zero attached hydrogens (tertiary/aromatic N) is 6. The second kappa shape index (κ2) is 4.63. The highest BCUT2D eigenvalue weighted by Crippen LogP contribution is 2.32. The van der Waals surface area contributed by atoms with Crippen LogP contribution >= 0.6 is 0 Å². The summed E-state index contributed by atoms with van der Waals surface area (Å²) < 4.78 is 3.81. The molecule has 0 atom stereocenters. The second-order valence-electron chi connectivity index (χ2n) is 6.78. The van der Waals surface area contributed by atoms with Crippen LogP contribution in [-0.4, -0.2) is 29.5 Å². The molecule has 0 aliphatic heterocycles. The maximum absolute atomic E-state index is 4.68. The molecule has 0 fully saturated rings. The van der Waals surface area contributed by atoms with Crippen molar-refractivity contribution in [3.63, 3.8) is 0 Å². The molecule has 0 spiro atoms. The van der Waals surface area contributed by atoms with Crippen molar-refractivity contribution in [2.45, 2.75) is 47.1 Å². The molecule has 3 aromatic rings. The van der Waals surface area contributed by atoms with Crippen molar-refractivity contribution in [2.24, 2.45) is 7.05 Å². The predicted molar refractivity (Wildman–Crippen MR) is 86.7 cm³/mol. The van der Waals surface area contributed by atoms with Gasteiger partial charge in [0.25, 0.3) is 0 Å². The summed E-state index contributed by atoms with van der Waals surface area (Å²) in [5.41, 5.74) is 3.70. The van der Waals surface area contributed by atoms with Crippen LogP contribution in [0.25, 0.3) is 22.4 Å². The van der Waals surface area contributed by atoms with E-state index in [1.807, 2.05) is 37.2 Å². The van der Waals surface area contributed by atoms with E-state index >= 15 is 0 Å². The smallest absolute Gasteiger partial charge is 0.159 e. The van der Waals surface area contributed by atoms with E-state index in [4.69, 9.17) is 0 Å². The zero-order valence-corrected chi connectivity index (χ0v) is 14.3. The van der Waals surface area contributed by atoms with Gasteiger partial charge in [-0.15, -0.1) is 0 Å². The summed E-state index contributed by atoms with van der Waals surface area (Å²) in [5, 5.41) is 10.1. The van der Waals surface area contributed by atoms with Crippen LogP contribution in [0.2, 0.25) is 0 Å². The predicted octanol–water partition coefficient (Wildman–Crippen LogP) is 2.91. The van der Waals surface area contributed by atoms with Gasteiger partial charge in [-0.05, 0) is 47.6 Å². The van der Waals surface area contributed by atoms with Gasteiger partial charge in [-0.1, -0.05) is 0 Å². The van der Waals surface area contributed by atoms with Crippen LogP contribution in [0.5, 0.6) is 0 Å². The number of hydrogen-bond donors (Lipinski definition) is 0. The topological polar surface area (TPSA) is 61.4 Å². The third kappa shape index (κ3) is 2.19. The van der Waals surface area contributed by atoms with E-state index in [9.17, 15) is 0 Å². The summed E-state index contributed by atoms with van der Waals surface area (Å²) >= 11 is 0. The van der Waals surface area contributed by atoms with Crippen LogP contribution in [0.4, 0.5) is 0 Å². The van der Waals surface area contributed by atoms with Crippen LogP contribution in [0.1, 0.15) is 38.0 Å². The largest absolute Gasteiger partial charge is 0.250 e. The van der Waals surface area contributed by atoms with E-state index in [0.717, 1.165) is 39.6 Å². The highest BCUT2D eigenvalue weighted by molar-refractivity contribution is 5.93. The van der Waals surface area contributed by atoms with Gasteiger partial charge in [-0.25, -0.2) is 14.6 Å². The van der Waals surface area contributed by atoms with Gasteiger partial charge in [-0.3, -0.25) is 4.68 Å². The molecule has 6 heteroatoms. The summed E-state index contributed by atoms with van der Waals surface area (Å²) in [6.07, 6.45) is 0. The minimum atomic E-state index is -0.143. The average molecular weight is 298 g/mol. The van der Waals surface area contributed by atoms with E-state index in [2.05, 4.69) is 47.0 Å². The molecule has 0 aliphatic rings. The van der Waals surface area contributed by atoms with E-state index in [-0.39, 0.29) is 5.54 Å². The maximum Gasteiger partial charge on any atom is 0.159 e. The summed E-state index contributed by atoms with van der Waals surface area (Å²) in [4.78, 5) is 9.30. The van der Waals surface area contributed by atoms with Crippen molar-refractivity contribution in [1.29, 1.82) is 0 Å². The SMILES string of the molecule is Cc1cc(-c2nc(C)nn2C(C)(C)C)c2c(C)nn(C)c2n1. The number of rotatable bonds is 1. The van der Waals surface area contributed by atoms with Gasteiger partial charge in [0, 0.05) is 18.3 Å². The second-order valence-corrected chi connectivity index (χ2v) is 6.78. The Hall–Kier alpha value is -2.24. The molecule has 3 heterocycles. The maximum atomic E-state index is 4.68. The van der Waals surface area contributed by atoms with Crippen molar-refractivity contribution >= 4 is 11.0 Å². The number of hydrogen-bond acceptors (Lipinski definition) is 4. The van der Waals surface area contributed by atoms with Crippen molar-refractivity contribution in [3.8, 4) is 11.4 Å². The lowest BCUT2D eigenvalue weighted by molar-refractivity contribution is 0.358. The Kier molecular flexibility index (Phi) is 3.09. The quantitative estimate of drug-likeness (QED) is 0.693. The molecule has 0 aliphatic carbocycles. The standard InChI is InChI=1S/C16H22N6/c1-9-8-12(13-10(2)19-21(7)15(13)17-9)14-18-11(3)20-22(14)16(4,5)6/h8H,1-7H3. The highest BCUT2D eigenvalue weighted by atomic mass is 15.4. The normalized spacial score (nSPS) is 12.3. The third-order valence-electron chi connectivity index (χ3n) is 3.69. The van der Waals surface area contributed by atoms with Crippen LogP contribution < -0.4 is 0 Å². The monoisotopic (exact) mass is 298 g/mol. The van der Waals surface area contributed by atoms with E-state index in [0.29, 0.717) is 0 Å². The summed E-state index contributed by atoms with van der Waals surface area (Å²) in [6, 6.07) is 2.07. The summed E-state index contributed by atoms with van der Waals surface area (Å²) in [5.74, 6) is 1.64. The van der Waals surface area contributed by atoms with Crippen molar-refractivity contribution in [2.75, 3.05) is 0 Å². The molecule has 0 unspecified atom stereocenters. The Labute approximate surface area is 130 Å². The van der Waals surface area contributed by atoms with E-state index in [1.165, 1.54) is 0 Å². The lowest BCUT2D eigenvalue weighted by Gasteiger charge is -2.21.